The van der Waals surface area contributed by atoms with E-state index >= 15 is 0 Å². The van der Waals surface area contributed by atoms with Crippen LogP contribution in [0.25, 0.3) is 11.0 Å². The lowest BCUT2D eigenvalue weighted by atomic mass is 10.1. The summed E-state index contributed by atoms with van der Waals surface area (Å²) in [5.74, 6) is 0.325. The first-order valence-electron chi connectivity index (χ1n) is 16.8. The highest BCUT2D eigenvalue weighted by Crippen LogP contribution is 2.25. The van der Waals surface area contributed by atoms with E-state index in [1.807, 2.05) is 72.3 Å². The molecule has 2 aromatic carbocycles. The molecule has 2 fully saturated rings. The zero-order valence-electron chi connectivity index (χ0n) is 28.2. The predicted octanol–water partition coefficient (Wildman–Crippen LogP) is 3.77. The van der Waals surface area contributed by atoms with Gasteiger partial charge in [0.25, 0.3) is 11.5 Å². The molecule has 5 N–H and O–H groups in total. The maximum Gasteiger partial charge on any atom is 0.310 e. The average Bonchev–Trinajstić information content (AvgIpc) is 3.75. The van der Waals surface area contributed by atoms with Gasteiger partial charge in [-0.25, -0.2) is 14.3 Å². The van der Waals surface area contributed by atoms with Gasteiger partial charge < -0.3 is 30.7 Å². The highest BCUT2D eigenvalue weighted by atomic mass is 16.5. The molecule has 0 aliphatic carbocycles. The lowest BCUT2D eigenvalue weighted by Crippen LogP contribution is -2.22. The van der Waals surface area contributed by atoms with Crippen molar-refractivity contribution in [3.8, 4) is 0 Å². The molecule has 2 aliphatic heterocycles. The molecule has 0 radical (unpaired) electrons. The van der Waals surface area contributed by atoms with Gasteiger partial charge in [-0.05, 0) is 43.7 Å². The Hall–Kier alpha value is -5.34. The summed E-state index contributed by atoms with van der Waals surface area (Å²) in [7, 11) is 0. The Morgan fingerprint density at radius 1 is 0.860 bits per heavy atom. The number of fused-ring (bicyclic) bond motifs is 1. The number of aromatic nitrogens is 6. The van der Waals surface area contributed by atoms with E-state index in [1.54, 1.807) is 10.9 Å². The maximum absolute atomic E-state index is 12.3. The van der Waals surface area contributed by atoms with Crippen molar-refractivity contribution in [1.29, 1.82) is 0 Å². The molecule has 2 aliphatic rings. The van der Waals surface area contributed by atoms with Gasteiger partial charge in [0, 0.05) is 32.8 Å². The highest BCUT2D eigenvalue weighted by Gasteiger charge is 2.22. The Labute approximate surface area is 289 Å². The third-order valence-electron chi connectivity index (χ3n) is 8.40. The Morgan fingerprint density at radius 3 is 1.98 bits per heavy atom. The number of ether oxygens (including phenoxy) is 3. The molecule has 264 valence electrons. The van der Waals surface area contributed by atoms with Gasteiger partial charge in [0.1, 0.15) is 22.6 Å². The van der Waals surface area contributed by atoms with E-state index in [1.165, 1.54) is 6.20 Å². The Kier molecular flexibility index (Phi) is 12.9. The van der Waals surface area contributed by atoms with Crippen molar-refractivity contribution in [2.75, 3.05) is 38.8 Å². The number of nitrogens with zero attached hydrogens (tertiary/aromatic N) is 5. The number of benzene rings is 2. The van der Waals surface area contributed by atoms with E-state index in [9.17, 15) is 14.4 Å². The molecule has 7 rings (SSSR count). The molecule has 5 heterocycles. The molecule has 2 saturated heterocycles. The summed E-state index contributed by atoms with van der Waals surface area (Å²) in [6.07, 6.45) is 7.54. The number of carbonyl (C=O) groups excluding carboxylic acids is 2. The number of amides is 1. The third-order valence-corrected chi connectivity index (χ3v) is 8.40. The van der Waals surface area contributed by atoms with Gasteiger partial charge in [0.2, 0.25) is 0 Å². The molecule has 1 amide bonds. The minimum Gasteiger partial charge on any atom is -0.466 e. The van der Waals surface area contributed by atoms with Crippen LogP contribution in [0.3, 0.4) is 0 Å². The number of anilines is 1. The van der Waals surface area contributed by atoms with Gasteiger partial charge >= 0.3 is 5.97 Å². The lowest BCUT2D eigenvalue weighted by Gasteiger charge is -2.23. The van der Waals surface area contributed by atoms with Gasteiger partial charge in [0.05, 0.1) is 37.5 Å². The second-order valence-corrected chi connectivity index (χ2v) is 11.9. The van der Waals surface area contributed by atoms with Crippen LogP contribution in [-0.2, 0) is 31.8 Å². The minimum atomic E-state index is -0.536. The standard InChI is InChI=1S/C17H18N4O2.C10H12O2.C9H14N4O2/c22-17-14-11-18-21(13-6-8-23-9-7-13)16(14)19-15(20-17)10-12-4-2-1-3-5-12;1-2-12-10(11)8-9-6-4-3-5-7-9;10-8-7(9(11)14)5-12-13(8)6-1-3-15-4-2-6/h1-5,11,13H,6-10H2,(H,19,20,22);3-7H,2,8H2,1H3;5-6H,1-4,10H2,(H2,11,14). The van der Waals surface area contributed by atoms with Crippen LogP contribution in [0.4, 0.5) is 5.82 Å². The fourth-order valence-corrected chi connectivity index (χ4v) is 5.81. The first-order chi connectivity index (χ1) is 24.3. The van der Waals surface area contributed by atoms with Crippen LogP contribution in [-0.4, -0.2) is 74.4 Å². The third kappa shape index (κ3) is 9.64. The van der Waals surface area contributed by atoms with Crippen LogP contribution < -0.4 is 17.0 Å². The fraction of sp³-hybridized carbons (Fsp3) is 0.389. The number of rotatable bonds is 8. The van der Waals surface area contributed by atoms with Gasteiger partial charge in [-0.3, -0.25) is 14.4 Å². The molecule has 0 spiro atoms. The first-order valence-corrected chi connectivity index (χ1v) is 16.8. The number of aromatic amines is 1. The van der Waals surface area contributed by atoms with Gasteiger partial charge in [-0.1, -0.05) is 60.7 Å². The van der Waals surface area contributed by atoms with E-state index in [4.69, 9.17) is 25.7 Å². The molecule has 50 heavy (non-hydrogen) atoms. The maximum atomic E-state index is 12.3. The number of nitrogen functional groups attached to an aromatic ring is 1. The summed E-state index contributed by atoms with van der Waals surface area (Å²) < 4.78 is 19.0. The summed E-state index contributed by atoms with van der Waals surface area (Å²) in [6.45, 7) is 5.12. The number of H-pyrrole nitrogens is 1. The summed E-state index contributed by atoms with van der Waals surface area (Å²) in [6, 6.07) is 20.0. The van der Waals surface area contributed by atoms with Crippen LogP contribution >= 0.6 is 0 Å². The van der Waals surface area contributed by atoms with Crippen molar-refractivity contribution in [2.45, 2.75) is 57.5 Å². The van der Waals surface area contributed by atoms with Crippen molar-refractivity contribution in [3.05, 3.63) is 106 Å². The molecule has 0 bridgehead atoms. The quantitative estimate of drug-likeness (QED) is 0.203. The number of hydrogen-bond donors (Lipinski definition) is 3. The zero-order chi connectivity index (χ0) is 35.3. The number of nitrogens with one attached hydrogen (secondary N) is 1. The monoisotopic (exact) mass is 684 g/mol. The Morgan fingerprint density at radius 2 is 1.42 bits per heavy atom. The smallest absolute Gasteiger partial charge is 0.310 e. The van der Waals surface area contributed by atoms with Crippen molar-refractivity contribution in [3.63, 3.8) is 0 Å². The van der Waals surface area contributed by atoms with Crippen molar-refractivity contribution in [2.24, 2.45) is 5.73 Å². The number of carbonyl (C=O) groups is 2. The predicted molar refractivity (Wildman–Crippen MR) is 188 cm³/mol. The fourth-order valence-electron chi connectivity index (χ4n) is 5.81. The molecule has 0 atom stereocenters. The van der Waals surface area contributed by atoms with E-state index in [2.05, 4.69) is 20.2 Å². The molecule has 0 unspecified atom stereocenters. The molecule has 3 aromatic heterocycles. The first kappa shape index (κ1) is 36.0. The lowest BCUT2D eigenvalue weighted by molar-refractivity contribution is -0.142. The van der Waals surface area contributed by atoms with Crippen molar-refractivity contribution >= 4 is 28.7 Å². The summed E-state index contributed by atoms with van der Waals surface area (Å²) in [4.78, 5) is 41.8. The van der Waals surface area contributed by atoms with Crippen LogP contribution in [0, 0.1) is 0 Å². The SMILES string of the molecule is CCOC(=O)Cc1ccccc1.NC(=O)c1cnn(C2CCOCC2)c1N.O=c1[nH]c(Cc2ccccc2)nc2c1cnn2C1CCOCC1. The second-order valence-electron chi connectivity index (χ2n) is 11.9. The zero-order valence-corrected chi connectivity index (χ0v) is 28.2. The molecule has 5 aromatic rings. The second kappa shape index (κ2) is 17.9. The molecule has 14 nitrogen and oxygen atoms in total. The topological polar surface area (TPSA) is 195 Å². The van der Waals surface area contributed by atoms with Crippen molar-refractivity contribution < 1.29 is 23.8 Å². The van der Waals surface area contributed by atoms with E-state index in [0.29, 0.717) is 60.9 Å². The summed E-state index contributed by atoms with van der Waals surface area (Å²) >= 11 is 0. The average molecular weight is 685 g/mol. The highest BCUT2D eigenvalue weighted by molar-refractivity contribution is 5.97. The van der Waals surface area contributed by atoms with Gasteiger partial charge in [0.15, 0.2) is 5.65 Å². The number of esters is 1. The van der Waals surface area contributed by atoms with E-state index < -0.39 is 5.91 Å². The van der Waals surface area contributed by atoms with E-state index in [0.717, 1.165) is 50.0 Å². The Bertz CT molecular complexity index is 1880. The van der Waals surface area contributed by atoms with Gasteiger partial charge in [-0.15, -0.1) is 0 Å². The molecule has 14 heteroatoms. The van der Waals surface area contributed by atoms with Gasteiger partial charge in [-0.2, -0.15) is 10.2 Å². The number of nitrogens with two attached hydrogens (primary N) is 2. The van der Waals surface area contributed by atoms with Crippen LogP contribution in [0.2, 0.25) is 0 Å². The minimum absolute atomic E-state index is 0.126. The van der Waals surface area contributed by atoms with Crippen LogP contribution in [0.5, 0.6) is 0 Å². The number of primary amides is 1. The number of hydrogen-bond acceptors (Lipinski definition) is 10. The molecular formula is C36H44N8O6. The molecule has 0 saturated carbocycles. The van der Waals surface area contributed by atoms with Crippen LogP contribution in [0.1, 0.15) is 72.0 Å². The van der Waals surface area contributed by atoms with Crippen molar-refractivity contribution in [1.82, 2.24) is 29.5 Å². The Balaban J connectivity index is 0.000000156. The molecular weight excluding hydrogens is 640 g/mol. The van der Waals surface area contributed by atoms with E-state index in [-0.39, 0.29) is 23.6 Å². The normalized spacial score (nSPS) is 15.0. The summed E-state index contributed by atoms with van der Waals surface area (Å²) in [5.41, 5.74) is 13.9. The summed E-state index contributed by atoms with van der Waals surface area (Å²) in [5, 5.41) is 9.05. The van der Waals surface area contributed by atoms with Crippen LogP contribution in [0.15, 0.2) is 77.9 Å². The largest absolute Gasteiger partial charge is 0.466 e.